The van der Waals surface area contributed by atoms with E-state index in [2.05, 4.69) is 31.0 Å². The van der Waals surface area contributed by atoms with E-state index in [0.29, 0.717) is 4.68 Å². The molecule has 0 radical (unpaired) electrons. The van der Waals surface area contributed by atoms with Crippen LogP contribution in [0, 0.1) is 0 Å². The monoisotopic (exact) mass is 292 g/mol. The number of aromatic nitrogens is 4. The number of hydrogen-bond donors (Lipinski definition) is 0. The molecule has 84 valence electrons. The normalized spacial score (nSPS) is 11.8. The van der Waals surface area contributed by atoms with Crippen LogP contribution in [-0.2, 0) is 6.18 Å². The highest BCUT2D eigenvalue weighted by Gasteiger charge is 2.38. The first kappa shape index (κ1) is 11.1. The summed E-state index contributed by atoms with van der Waals surface area (Å²) in [5.41, 5.74) is -0.932. The Labute approximate surface area is 96.3 Å². The minimum absolute atomic E-state index is 0.125. The topological polar surface area (TPSA) is 43.6 Å². The summed E-state index contributed by atoms with van der Waals surface area (Å²) in [6.07, 6.45) is -0.774. The minimum atomic E-state index is -4.52. The third-order valence-electron chi connectivity index (χ3n) is 1.73. The van der Waals surface area contributed by atoms with Crippen molar-refractivity contribution in [1.82, 2.24) is 19.7 Å². The largest absolute Gasteiger partial charge is 0.434 e. The van der Waals surface area contributed by atoms with Gasteiger partial charge in [0.2, 0.25) is 0 Å². The van der Waals surface area contributed by atoms with Crippen LogP contribution in [-0.4, -0.2) is 19.7 Å². The molecule has 0 amide bonds. The molecule has 2 aromatic heterocycles. The fourth-order valence-corrected chi connectivity index (χ4v) is 1.62. The summed E-state index contributed by atoms with van der Waals surface area (Å²) in [6.45, 7) is 0. The summed E-state index contributed by atoms with van der Waals surface area (Å²) in [5.74, 6) is -0.125. The van der Waals surface area contributed by atoms with Crippen molar-refractivity contribution in [2.75, 3.05) is 0 Å². The Bertz CT molecular complexity index is 494. The molecule has 2 aromatic rings. The molecule has 2 rings (SSSR count). The second kappa shape index (κ2) is 3.85. The maximum Gasteiger partial charge on any atom is 0.434 e. The number of halogens is 4. The Morgan fingerprint density at radius 3 is 2.38 bits per heavy atom. The number of alkyl halides is 3. The van der Waals surface area contributed by atoms with Crippen molar-refractivity contribution in [1.29, 1.82) is 0 Å². The molecular formula is C8H4BrF3N4. The van der Waals surface area contributed by atoms with Gasteiger partial charge in [-0.05, 0) is 22.0 Å². The second-order valence-corrected chi connectivity index (χ2v) is 3.65. The van der Waals surface area contributed by atoms with Crippen molar-refractivity contribution < 1.29 is 13.2 Å². The van der Waals surface area contributed by atoms with Gasteiger partial charge in [0, 0.05) is 12.4 Å². The summed E-state index contributed by atoms with van der Waals surface area (Å²) < 4.78 is 38.5. The molecule has 0 aliphatic rings. The van der Waals surface area contributed by atoms with Gasteiger partial charge < -0.3 is 0 Å². The maximum absolute atomic E-state index is 12.7. The van der Waals surface area contributed by atoms with Gasteiger partial charge >= 0.3 is 6.18 Å². The van der Waals surface area contributed by atoms with Crippen LogP contribution in [0.4, 0.5) is 13.2 Å². The number of rotatable bonds is 1. The summed E-state index contributed by atoms with van der Waals surface area (Å²) in [4.78, 5) is 7.41. The molecule has 0 aliphatic carbocycles. The zero-order valence-corrected chi connectivity index (χ0v) is 9.20. The average Bonchev–Trinajstić information content (AvgIpc) is 2.61. The molecule has 0 saturated heterocycles. The second-order valence-electron chi connectivity index (χ2n) is 2.80. The van der Waals surface area contributed by atoms with Gasteiger partial charge in [0.15, 0.2) is 5.69 Å². The first-order chi connectivity index (χ1) is 7.50. The lowest BCUT2D eigenvalue weighted by Crippen LogP contribution is -2.15. The molecule has 0 aromatic carbocycles. The van der Waals surface area contributed by atoms with Gasteiger partial charge in [0.1, 0.15) is 0 Å². The van der Waals surface area contributed by atoms with Crippen molar-refractivity contribution in [3.8, 4) is 5.95 Å². The van der Waals surface area contributed by atoms with Gasteiger partial charge in [-0.1, -0.05) is 0 Å². The Kier molecular flexibility index (Phi) is 2.66. The standard InChI is InChI=1S/C8H4BrF3N4/c9-5-4-15-16(6(5)8(10,11)12)7-13-2-1-3-14-7/h1-4H. The summed E-state index contributed by atoms with van der Waals surface area (Å²) in [7, 11) is 0. The Hall–Kier alpha value is -1.44. The van der Waals surface area contributed by atoms with E-state index in [9.17, 15) is 13.2 Å². The number of hydrogen-bond acceptors (Lipinski definition) is 3. The van der Waals surface area contributed by atoms with Gasteiger partial charge in [-0.25, -0.2) is 9.97 Å². The van der Waals surface area contributed by atoms with E-state index in [0.717, 1.165) is 6.20 Å². The van der Waals surface area contributed by atoms with Crippen molar-refractivity contribution in [3.05, 3.63) is 34.8 Å². The molecule has 2 heterocycles. The molecule has 0 spiro atoms. The van der Waals surface area contributed by atoms with Crippen LogP contribution in [0.3, 0.4) is 0 Å². The average molecular weight is 293 g/mol. The van der Waals surface area contributed by atoms with Gasteiger partial charge in [-0.15, -0.1) is 0 Å². The van der Waals surface area contributed by atoms with Gasteiger partial charge in [0.25, 0.3) is 5.95 Å². The van der Waals surface area contributed by atoms with Gasteiger partial charge in [0.05, 0.1) is 10.7 Å². The molecule has 0 atom stereocenters. The van der Waals surface area contributed by atoms with Crippen LogP contribution in [0.5, 0.6) is 0 Å². The van der Waals surface area contributed by atoms with E-state index < -0.39 is 11.9 Å². The highest BCUT2D eigenvalue weighted by atomic mass is 79.9. The maximum atomic E-state index is 12.7. The van der Waals surface area contributed by atoms with Gasteiger partial charge in [-0.3, -0.25) is 0 Å². The Morgan fingerprint density at radius 1 is 1.19 bits per heavy atom. The summed E-state index contributed by atoms with van der Waals surface area (Å²) in [6, 6.07) is 1.51. The van der Waals surface area contributed by atoms with Crippen LogP contribution in [0.15, 0.2) is 29.1 Å². The lowest BCUT2D eigenvalue weighted by atomic mass is 10.4. The van der Waals surface area contributed by atoms with E-state index in [1.807, 2.05) is 0 Å². The van der Waals surface area contributed by atoms with Crippen LogP contribution in [0.25, 0.3) is 5.95 Å². The fraction of sp³-hybridized carbons (Fsp3) is 0.125. The molecule has 0 aliphatic heterocycles. The van der Waals surface area contributed by atoms with E-state index >= 15 is 0 Å². The molecule has 0 unspecified atom stereocenters. The predicted molar refractivity (Wildman–Crippen MR) is 51.9 cm³/mol. The summed E-state index contributed by atoms with van der Waals surface area (Å²) >= 11 is 2.79. The van der Waals surface area contributed by atoms with Crippen LogP contribution in [0.1, 0.15) is 5.69 Å². The smallest absolute Gasteiger partial charge is 0.220 e. The molecule has 0 fully saturated rings. The lowest BCUT2D eigenvalue weighted by molar-refractivity contribution is -0.143. The third kappa shape index (κ3) is 1.92. The van der Waals surface area contributed by atoms with Crippen molar-refractivity contribution in [3.63, 3.8) is 0 Å². The molecule has 0 N–H and O–H groups in total. The first-order valence-corrected chi connectivity index (χ1v) is 4.87. The molecule has 8 heteroatoms. The van der Waals surface area contributed by atoms with Crippen LogP contribution in [0.2, 0.25) is 0 Å². The Morgan fingerprint density at radius 2 is 1.81 bits per heavy atom. The molecule has 16 heavy (non-hydrogen) atoms. The lowest BCUT2D eigenvalue weighted by Gasteiger charge is -2.08. The van der Waals surface area contributed by atoms with E-state index in [1.54, 1.807) is 0 Å². The van der Waals surface area contributed by atoms with Crippen molar-refractivity contribution in [2.45, 2.75) is 6.18 Å². The zero-order valence-electron chi connectivity index (χ0n) is 7.61. The van der Waals surface area contributed by atoms with E-state index in [4.69, 9.17) is 0 Å². The first-order valence-electron chi connectivity index (χ1n) is 4.08. The zero-order chi connectivity index (χ0) is 11.8. The molecule has 0 saturated carbocycles. The molecule has 4 nitrogen and oxygen atoms in total. The van der Waals surface area contributed by atoms with Crippen molar-refractivity contribution >= 4 is 15.9 Å². The molecule has 0 bridgehead atoms. The van der Waals surface area contributed by atoms with Crippen LogP contribution < -0.4 is 0 Å². The predicted octanol–water partition coefficient (Wildman–Crippen LogP) is 2.44. The quantitative estimate of drug-likeness (QED) is 0.811. The minimum Gasteiger partial charge on any atom is -0.220 e. The fourth-order valence-electron chi connectivity index (χ4n) is 1.14. The SMILES string of the molecule is FC(F)(F)c1c(Br)cnn1-c1ncccn1. The van der Waals surface area contributed by atoms with E-state index in [-0.39, 0.29) is 10.4 Å². The van der Waals surface area contributed by atoms with Crippen molar-refractivity contribution in [2.24, 2.45) is 0 Å². The summed E-state index contributed by atoms with van der Waals surface area (Å²) in [5, 5.41) is 3.58. The van der Waals surface area contributed by atoms with Gasteiger partial charge in [-0.2, -0.15) is 23.0 Å². The van der Waals surface area contributed by atoms with E-state index in [1.165, 1.54) is 18.5 Å². The Balaban J connectivity index is 2.60. The number of nitrogens with zero attached hydrogens (tertiary/aromatic N) is 4. The highest BCUT2D eigenvalue weighted by Crippen LogP contribution is 2.35. The molecular weight excluding hydrogens is 289 g/mol. The van der Waals surface area contributed by atoms with Crippen LogP contribution >= 0.6 is 15.9 Å². The highest BCUT2D eigenvalue weighted by molar-refractivity contribution is 9.10. The third-order valence-corrected chi connectivity index (χ3v) is 2.31.